The van der Waals surface area contributed by atoms with Crippen molar-refractivity contribution in [2.75, 3.05) is 0 Å². The van der Waals surface area contributed by atoms with Crippen LogP contribution in [0.15, 0.2) is 138 Å². The molecule has 8 heteroatoms. The van der Waals surface area contributed by atoms with E-state index in [1.54, 1.807) is 6.08 Å². The fourth-order valence-corrected chi connectivity index (χ4v) is 4.94. The van der Waals surface area contributed by atoms with Crippen LogP contribution in [-0.2, 0) is 0 Å². The summed E-state index contributed by atoms with van der Waals surface area (Å²) in [6, 6.07) is 36.3. The fraction of sp³-hybridized carbons (Fsp3) is 0.176. The Morgan fingerprint density at radius 2 is 1.12 bits per heavy atom. The van der Waals surface area contributed by atoms with Gasteiger partial charge in [0.15, 0.2) is 0 Å². The van der Waals surface area contributed by atoms with E-state index in [0.717, 1.165) is 22.3 Å². The number of nitrogens with one attached hydrogen (secondary N) is 1. The zero-order chi connectivity index (χ0) is 29.6. The molecule has 0 amide bonds. The first kappa shape index (κ1) is 30.4. The van der Waals surface area contributed by atoms with Gasteiger partial charge in [-0.05, 0) is 28.3 Å². The minimum absolute atomic E-state index is 0.164. The molecule has 0 saturated carbocycles. The highest BCUT2D eigenvalue weighted by Crippen LogP contribution is 2.35. The minimum Gasteiger partial charge on any atom is -0.411 e. The zero-order valence-corrected chi connectivity index (χ0v) is 23.2. The van der Waals surface area contributed by atoms with E-state index in [0.29, 0.717) is 11.4 Å². The Balaban J connectivity index is 1.64. The number of hydrogen-bond acceptors (Lipinski definition) is 8. The van der Waals surface area contributed by atoms with Gasteiger partial charge in [0, 0.05) is 19.3 Å². The molecule has 3 unspecified atom stereocenters. The second kappa shape index (κ2) is 16.0. The summed E-state index contributed by atoms with van der Waals surface area (Å²) in [5.74, 6) is 0. The number of nitrogens with zero attached hydrogens (tertiary/aromatic N) is 3. The Hall–Kier alpha value is -4.60. The predicted molar refractivity (Wildman–Crippen MR) is 164 cm³/mol. The van der Waals surface area contributed by atoms with Crippen molar-refractivity contribution in [2.45, 2.75) is 37.4 Å². The van der Waals surface area contributed by atoms with Crippen LogP contribution in [0.5, 0.6) is 0 Å². The van der Waals surface area contributed by atoms with E-state index in [-0.39, 0.29) is 19.3 Å². The van der Waals surface area contributed by atoms with E-state index in [9.17, 15) is 20.8 Å². The Bertz CT molecular complexity index is 1430. The number of oxime groups is 2. The van der Waals surface area contributed by atoms with Crippen molar-refractivity contribution in [3.05, 3.63) is 150 Å². The van der Waals surface area contributed by atoms with Gasteiger partial charge < -0.3 is 20.8 Å². The van der Waals surface area contributed by atoms with Gasteiger partial charge in [-0.25, -0.2) is 0 Å². The summed E-state index contributed by atoms with van der Waals surface area (Å²) >= 11 is 0. The van der Waals surface area contributed by atoms with Gasteiger partial charge in [-0.15, -0.1) is 0 Å². The lowest BCUT2D eigenvalue weighted by Gasteiger charge is -2.34. The summed E-state index contributed by atoms with van der Waals surface area (Å²) in [5, 5.41) is 50.1. The molecule has 0 aliphatic heterocycles. The van der Waals surface area contributed by atoms with Gasteiger partial charge in [-0.1, -0.05) is 138 Å². The van der Waals surface area contributed by atoms with Crippen LogP contribution in [0, 0.1) is 0 Å². The van der Waals surface area contributed by atoms with Gasteiger partial charge >= 0.3 is 0 Å². The van der Waals surface area contributed by atoms with E-state index in [1.807, 2.05) is 127 Å². The second-order valence-electron chi connectivity index (χ2n) is 9.94. The number of hydroxylamine groups is 3. The van der Waals surface area contributed by atoms with Crippen LogP contribution in [0.25, 0.3) is 6.08 Å². The highest BCUT2D eigenvalue weighted by Gasteiger charge is 2.31. The van der Waals surface area contributed by atoms with Crippen molar-refractivity contribution in [2.24, 2.45) is 10.3 Å². The van der Waals surface area contributed by atoms with Crippen molar-refractivity contribution in [1.29, 1.82) is 0 Å². The summed E-state index contributed by atoms with van der Waals surface area (Å²) in [6.07, 6.45) is 4.15. The number of hydrogen-bond donors (Lipinski definition) is 5. The lowest BCUT2D eigenvalue weighted by atomic mass is 9.92. The molecule has 8 nitrogen and oxygen atoms in total. The maximum absolute atomic E-state index is 11.9. The van der Waals surface area contributed by atoms with Crippen LogP contribution in [0.1, 0.15) is 59.6 Å². The van der Waals surface area contributed by atoms with Gasteiger partial charge in [-0.2, -0.15) is 10.5 Å². The maximum atomic E-state index is 11.9. The van der Waals surface area contributed by atoms with Crippen molar-refractivity contribution in [1.82, 2.24) is 10.5 Å². The summed E-state index contributed by atoms with van der Waals surface area (Å²) in [6.45, 7) is 0. The summed E-state index contributed by atoms with van der Waals surface area (Å²) in [4.78, 5) is 0. The predicted octanol–water partition coefficient (Wildman–Crippen LogP) is 7.42. The number of rotatable bonds is 14. The SMILES string of the molecule is O/N=C(\C=C\c1ccccc1)CC(c1ccccc1)N(O)C(C/C(CC(NO)c1ccccc1)=N/O)c1ccccc1. The summed E-state index contributed by atoms with van der Waals surface area (Å²) in [5.41, 5.74) is 6.47. The van der Waals surface area contributed by atoms with Crippen molar-refractivity contribution < 1.29 is 20.8 Å². The monoisotopic (exact) mass is 564 g/mol. The normalized spacial score (nSPS) is 14.6. The first-order valence-corrected chi connectivity index (χ1v) is 13.8. The van der Waals surface area contributed by atoms with Crippen LogP contribution >= 0.6 is 0 Å². The molecule has 42 heavy (non-hydrogen) atoms. The van der Waals surface area contributed by atoms with Crippen LogP contribution < -0.4 is 5.48 Å². The van der Waals surface area contributed by atoms with E-state index in [4.69, 9.17) is 0 Å². The molecule has 0 aromatic heterocycles. The lowest BCUT2D eigenvalue weighted by molar-refractivity contribution is -0.161. The van der Waals surface area contributed by atoms with E-state index < -0.39 is 18.1 Å². The molecular weight excluding hydrogens is 528 g/mol. The van der Waals surface area contributed by atoms with Crippen LogP contribution in [-0.4, -0.2) is 37.3 Å². The third-order valence-electron chi connectivity index (χ3n) is 7.17. The average Bonchev–Trinajstić information content (AvgIpc) is 3.06. The minimum atomic E-state index is -0.629. The van der Waals surface area contributed by atoms with Gasteiger partial charge in [0.1, 0.15) is 0 Å². The smallest absolute Gasteiger partial charge is 0.0815 e. The number of allylic oxidation sites excluding steroid dienone is 1. The molecule has 4 aromatic rings. The van der Waals surface area contributed by atoms with Crippen LogP contribution in [0.3, 0.4) is 0 Å². The topological polar surface area (TPSA) is 121 Å². The molecule has 3 atom stereocenters. The third-order valence-corrected chi connectivity index (χ3v) is 7.17. The Kier molecular flexibility index (Phi) is 11.6. The molecule has 4 rings (SSSR count). The molecular formula is C34H36N4O4. The van der Waals surface area contributed by atoms with Gasteiger partial charge in [-0.3, -0.25) is 0 Å². The molecule has 216 valence electrons. The molecule has 0 saturated heterocycles. The highest BCUT2D eigenvalue weighted by molar-refractivity contribution is 5.98. The fourth-order valence-electron chi connectivity index (χ4n) is 4.94. The highest BCUT2D eigenvalue weighted by atomic mass is 16.5. The second-order valence-corrected chi connectivity index (χ2v) is 9.94. The molecule has 0 fully saturated rings. The van der Waals surface area contributed by atoms with E-state index >= 15 is 0 Å². The largest absolute Gasteiger partial charge is 0.411 e. The molecule has 0 heterocycles. The average molecular weight is 565 g/mol. The molecule has 0 aliphatic rings. The molecule has 5 N–H and O–H groups in total. The first-order chi connectivity index (χ1) is 20.6. The molecule has 0 radical (unpaired) electrons. The Morgan fingerprint density at radius 1 is 0.643 bits per heavy atom. The molecule has 0 aliphatic carbocycles. The van der Waals surface area contributed by atoms with Crippen molar-refractivity contribution >= 4 is 17.5 Å². The van der Waals surface area contributed by atoms with E-state index in [2.05, 4.69) is 15.8 Å². The van der Waals surface area contributed by atoms with Gasteiger partial charge in [0.2, 0.25) is 0 Å². The van der Waals surface area contributed by atoms with Crippen molar-refractivity contribution in [3.63, 3.8) is 0 Å². The molecule has 0 spiro atoms. The zero-order valence-electron chi connectivity index (χ0n) is 23.2. The summed E-state index contributed by atoms with van der Waals surface area (Å²) < 4.78 is 0. The van der Waals surface area contributed by atoms with Crippen LogP contribution in [0.2, 0.25) is 0 Å². The van der Waals surface area contributed by atoms with Crippen LogP contribution in [0.4, 0.5) is 0 Å². The van der Waals surface area contributed by atoms with E-state index in [1.165, 1.54) is 5.06 Å². The van der Waals surface area contributed by atoms with Crippen molar-refractivity contribution in [3.8, 4) is 0 Å². The first-order valence-electron chi connectivity index (χ1n) is 13.8. The van der Waals surface area contributed by atoms with Gasteiger partial charge in [0.05, 0.1) is 29.5 Å². The third kappa shape index (κ3) is 8.45. The standard InChI is InChI=1S/C34H36N4O4/c39-35-30(22-21-26-13-5-1-6-14-26)24-33(28-17-9-3-10-18-28)38(42)34(29-19-11-4-12-20-29)25-31(36-40)23-32(37-41)27-15-7-2-8-16-27/h1-22,32-34,37,39-42H,23-25H2/b22-21+,35-30+,36-31+. The Morgan fingerprint density at radius 3 is 1.60 bits per heavy atom. The summed E-state index contributed by atoms with van der Waals surface area (Å²) in [7, 11) is 0. The maximum Gasteiger partial charge on any atom is 0.0815 e. The van der Waals surface area contributed by atoms with Gasteiger partial charge in [0.25, 0.3) is 0 Å². The molecule has 0 bridgehead atoms. The molecule has 4 aromatic carbocycles. The number of benzene rings is 4. The quantitative estimate of drug-likeness (QED) is 0.0617. The lowest BCUT2D eigenvalue weighted by Crippen LogP contribution is -2.33. The Labute approximate surface area is 246 Å².